The molecule has 3 aromatic rings. The van der Waals surface area contributed by atoms with Crippen LogP contribution in [-0.2, 0) is 17.2 Å². The van der Waals surface area contributed by atoms with Gasteiger partial charge >= 0.3 is 0 Å². The van der Waals surface area contributed by atoms with Crippen molar-refractivity contribution in [3.8, 4) is 0 Å². The molecule has 1 N–H and O–H groups in total. The Morgan fingerprint density at radius 1 is 1.28 bits per heavy atom. The third-order valence-corrected chi connectivity index (χ3v) is 5.82. The molecule has 2 aromatic heterocycles. The van der Waals surface area contributed by atoms with Crippen molar-refractivity contribution in [2.45, 2.75) is 32.1 Å². The maximum Gasteiger partial charge on any atom is 0.252 e. The number of aromatic nitrogens is 3. The number of fused-ring (bicyclic) bond motifs is 1. The predicted octanol–water partition coefficient (Wildman–Crippen LogP) is 3.20. The van der Waals surface area contributed by atoms with Crippen molar-refractivity contribution in [2.24, 2.45) is 7.05 Å². The molecule has 6 nitrogen and oxygen atoms in total. The van der Waals surface area contributed by atoms with E-state index >= 15 is 0 Å². The van der Waals surface area contributed by atoms with Crippen molar-refractivity contribution in [3.63, 3.8) is 0 Å². The van der Waals surface area contributed by atoms with Gasteiger partial charge in [0.05, 0.1) is 16.6 Å². The Morgan fingerprint density at radius 3 is 2.76 bits per heavy atom. The highest BCUT2D eigenvalue weighted by Gasteiger charge is 2.35. The highest BCUT2D eigenvalue weighted by Crippen LogP contribution is 2.35. The van der Waals surface area contributed by atoms with Crippen LogP contribution in [0.1, 0.15) is 40.2 Å². The van der Waals surface area contributed by atoms with Gasteiger partial charge in [-0.3, -0.25) is 9.48 Å². The number of nitrogens with one attached hydrogen (secondary N) is 1. The number of benzene rings is 1. The van der Waals surface area contributed by atoms with E-state index < -0.39 is 0 Å². The first kappa shape index (κ1) is 19.5. The van der Waals surface area contributed by atoms with Crippen molar-refractivity contribution < 1.29 is 13.9 Å². The Bertz CT molecular complexity index is 1070. The number of carbonyl (C=O) groups excluding carboxylic acids is 1. The highest BCUT2D eigenvalue weighted by atomic mass is 19.1. The second kappa shape index (κ2) is 7.55. The van der Waals surface area contributed by atoms with E-state index in [0.29, 0.717) is 31.0 Å². The lowest BCUT2D eigenvalue weighted by Gasteiger charge is -2.38. The molecule has 1 saturated heterocycles. The van der Waals surface area contributed by atoms with Crippen molar-refractivity contribution in [2.75, 3.05) is 19.8 Å². The van der Waals surface area contributed by atoms with Crippen LogP contribution in [0.4, 0.5) is 4.39 Å². The fraction of sp³-hybridized carbons (Fsp3) is 0.409. The van der Waals surface area contributed by atoms with Crippen molar-refractivity contribution in [3.05, 3.63) is 58.7 Å². The van der Waals surface area contributed by atoms with Crippen LogP contribution < -0.4 is 5.32 Å². The number of hydrogen-bond acceptors (Lipinski definition) is 4. The van der Waals surface area contributed by atoms with Crippen LogP contribution in [0, 0.1) is 19.7 Å². The lowest BCUT2D eigenvalue weighted by molar-refractivity contribution is 0.0486. The summed E-state index contributed by atoms with van der Waals surface area (Å²) in [6.07, 6.45) is 1.46. The average molecular weight is 396 g/mol. The largest absolute Gasteiger partial charge is 0.381 e. The van der Waals surface area contributed by atoms with Crippen LogP contribution in [0.25, 0.3) is 11.0 Å². The van der Waals surface area contributed by atoms with Crippen LogP contribution in [0.15, 0.2) is 30.3 Å². The molecule has 7 heteroatoms. The summed E-state index contributed by atoms with van der Waals surface area (Å²) in [5.41, 5.74) is 3.34. The van der Waals surface area contributed by atoms with E-state index in [2.05, 4.69) is 15.4 Å². The number of nitrogens with zero attached hydrogens (tertiary/aromatic N) is 3. The SMILES string of the molecule is Cc1cc(C(=O)NCC2(c3cccc(F)c3)CCOCC2)c2c(C)nn(C)c2n1. The van der Waals surface area contributed by atoms with E-state index in [1.165, 1.54) is 6.07 Å². The minimum Gasteiger partial charge on any atom is -0.381 e. The smallest absolute Gasteiger partial charge is 0.252 e. The topological polar surface area (TPSA) is 69.0 Å². The standard InChI is InChI=1S/C22H25FN4O2/c1-14-11-18(19-15(2)26-27(3)20(19)25-14)21(28)24-13-22(7-9-29-10-8-22)16-5-4-6-17(23)12-16/h4-6,11-12H,7-10,13H2,1-3H3,(H,24,28). The lowest BCUT2D eigenvalue weighted by Crippen LogP contribution is -2.44. The summed E-state index contributed by atoms with van der Waals surface area (Å²) in [5.74, 6) is -0.434. The molecule has 0 bridgehead atoms. The van der Waals surface area contributed by atoms with E-state index in [4.69, 9.17) is 4.74 Å². The number of ether oxygens (including phenoxy) is 1. The third-order valence-electron chi connectivity index (χ3n) is 5.82. The monoisotopic (exact) mass is 396 g/mol. The maximum absolute atomic E-state index is 13.9. The Balaban J connectivity index is 1.65. The molecule has 0 spiro atoms. The number of amides is 1. The van der Waals surface area contributed by atoms with Crippen LogP contribution in [-0.4, -0.2) is 40.4 Å². The fourth-order valence-corrected chi connectivity index (χ4v) is 4.24. The fourth-order valence-electron chi connectivity index (χ4n) is 4.24. The number of hydrogen-bond donors (Lipinski definition) is 1. The molecule has 0 atom stereocenters. The average Bonchev–Trinajstić information content (AvgIpc) is 2.99. The van der Waals surface area contributed by atoms with E-state index in [0.717, 1.165) is 35.2 Å². The molecule has 1 fully saturated rings. The highest BCUT2D eigenvalue weighted by molar-refractivity contribution is 6.06. The lowest BCUT2D eigenvalue weighted by atomic mass is 9.74. The van der Waals surface area contributed by atoms with Gasteiger partial charge in [-0.05, 0) is 50.5 Å². The second-order valence-corrected chi connectivity index (χ2v) is 7.80. The van der Waals surface area contributed by atoms with Crippen molar-refractivity contribution in [1.82, 2.24) is 20.1 Å². The van der Waals surface area contributed by atoms with Crippen LogP contribution in [0.3, 0.4) is 0 Å². The second-order valence-electron chi connectivity index (χ2n) is 7.80. The Hall–Kier alpha value is -2.80. The zero-order chi connectivity index (χ0) is 20.6. The predicted molar refractivity (Wildman–Crippen MR) is 108 cm³/mol. The molecule has 4 rings (SSSR count). The first-order chi connectivity index (χ1) is 13.9. The minimum atomic E-state index is -0.346. The Labute approximate surface area is 169 Å². The van der Waals surface area contributed by atoms with Crippen molar-refractivity contribution >= 4 is 16.9 Å². The Morgan fingerprint density at radius 2 is 2.03 bits per heavy atom. The number of halogens is 1. The zero-order valence-electron chi connectivity index (χ0n) is 17.0. The summed E-state index contributed by atoms with van der Waals surface area (Å²) >= 11 is 0. The van der Waals surface area contributed by atoms with Gasteiger partial charge in [-0.2, -0.15) is 5.10 Å². The minimum absolute atomic E-state index is 0.168. The van der Waals surface area contributed by atoms with Crippen molar-refractivity contribution in [1.29, 1.82) is 0 Å². The van der Waals surface area contributed by atoms with Gasteiger partial charge in [0.25, 0.3) is 5.91 Å². The molecule has 29 heavy (non-hydrogen) atoms. The molecular weight excluding hydrogens is 371 g/mol. The van der Waals surface area contributed by atoms with Gasteiger partial charge in [0.1, 0.15) is 5.82 Å². The summed E-state index contributed by atoms with van der Waals surface area (Å²) in [6, 6.07) is 8.46. The van der Waals surface area contributed by atoms with Gasteiger partial charge in [-0.15, -0.1) is 0 Å². The molecule has 152 valence electrons. The normalized spacial score (nSPS) is 16.1. The molecule has 1 aliphatic rings. The number of pyridine rings is 1. The summed E-state index contributed by atoms with van der Waals surface area (Å²) in [5, 5.41) is 8.28. The first-order valence-corrected chi connectivity index (χ1v) is 9.83. The van der Waals surface area contributed by atoms with Gasteiger partial charge in [0.2, 0.25) is 0 Å². The van der Waals surface area contributed by atoms with Crippen LogP contribution in [0.2, 0.25) is 0 Å². The molecule has 1 aliphatic heterocycles. The Kier molecular flexibility index (Phi) is 5.08. The summed E-state index contributed by atoms with van der Waals surface area (Å²) in [7, 11) is 1.82. The van der Waals surface area contributed by atoms with E-state index in [1.807, 2.05) is 27.0 Å². The van der Waals surface area contributed by atoms with Crippen LogP contribution in [0.5, 0.6) is 0 Å². The molecule has 0 saturated carbocycles. The molecule has 1 aromatic carbocycles. The number of aryl methyl sites for hydroxylation is 3. The van der Waals surface area contributed by atoms with E-state index in [1.54, 1.807) is 22.9 Å². The van der Waals surface area contributed by atoms with Gasteiger partial charge < -0.3 is 10.1 Å². The molecular formula is C22H25FN4O2. The molecule has 0 aliphatic carbocycles. The molecule has 0 unspecified atom stereocenters. The number of carbonyl (C=O) groups is 1. The summed E-state index contributed by atoms with van der Waals surface area (Å²) < 4.78 is 21.1. The van der Waals surface area contributed by atoms with Crippen LogP contribution >= 0.6 is 0 Å². The van der Waals surface area contributed by atoms with Gasteiger partial charge in [-0.25, -0.2) is 9.37 Å². The van der Waals surface area contributed by atoms with Gasteiger partial charge in [0.15, 0.2) is 5.65 Å². The summed E-state index contributed by atoms with van der Waals surface area (Å²) in [6.45, 7) is 5.34. The van der Waals surface area contributed by atoms with E-state index in [-0.39, 0.29) is 17.1 Å². The quantitative estimate of drug-likeness (QED) is 0.735. The first-order valence-electron chi connectivity index (χ1n) is 9.83. The molecule has 3 heterocycles. The summed E-state index contributed by atoms with van der Waals surface area (Å²) in [4.78, 5) is 17.7. The maximum atomic E-state index is 13.9. The molecule has 0 radical (unpaired) electrons. The third kappa shape index (κ3) is 3.62. The van der Waals surface area contributed by atoms with Gasteiger partial charge in [0, 0.05) is 37.9 Å². The molecule has 1 amide bonds. The zero-order valence-corrected chi connectivity index (χ0v) is 17.0. The van der Waals surface area contributed by atoms with E-state index in [9.17, 15) is 9.18 Å². The number of rotatable bonds is 4. The van der Waals surface area contributed by atoms with Gasteiger partial charge in [-0.1, -0.05) is 12.1 Å².